The van der Waals surface area contributed by atoms with Crippen molar-refractivity contribution in [1.29, 1.82) is 0 Å². The Hall–Kier alpha value is -1.89. The van der Waals surface area contributed by atoms with Crippen LogP contribution in [0.1, 0.15) is 19.3 Å². The third-order valence-electron chi connectivity index (χ3n) is 5.31. The van der Waals surface area contributed by atoms with Crippen molar-refractivity contribution >= 4 is 11.8 Å². The molecule has 0 N–H and O–H groups in total. The number of piperidine rings is 1. The number of likely N-dealkylation sites (N-methyl/N-ethyl adjacent to an activating group) is 1. The normalized spacial score (nSPS) is 22.2. The Labute approximate surface area is 149 Å². The Morgan fingerprint density at radius 3 is 2.72 bits per heavy atom. The summed E-state index contributed by atoms with van der Waals surface area (Å²) in [6.45, 7) is 4.65. The van der Waals surface area contributed by atoms with Crippen LogP contribution in [0.5, 0.6) is 0 Å². The molecule has 25 heavy (non-hydrogen) atoms. The molecule has 0 aromatic carbocycles. The molecule has 138 valence electrons. The molecule has 0 unspecified atom stereocenters. The van der Waals surface area contributed by atoms with E-state index in [9.17, 15) is 9.59 Å². The van der Waals surface area contributed by atoms with Crippen LogP contribution in [0.2, 0.25) is 0 Å². The first-order valence-electron chi connectivity index (χ1n) is 9.21. The van der Waals surface area contributed by atoms with Gasteiger partial charge in [0, 0.05) is 58.1 Å². The van der Waals surface area contributed by atoms with Crippen LogP contribution in [0.15, 0.2) is 18.5 Å². The minimum Gasteiger partial charge on any atom is -0.342 e. The summed E-state index contributed by atoms with van der Waals surface area (Å²) in [5.41, 5.74) is 0. The first-order valence-corrected chi connectivity index (χ1v) is 9.21. The number of aromatic nitrogens is 2. The molecule has 2 amide bonds. The Morgan fingerprint density at radius 2 is 2.08 bits per heavy atom. The lowest BCUT2D eigenvalue weighted by atomic mass is 9.95. The lowest BCUT2D eigenvalue weighted by molar-refractivity contribution is -0.137. The summed E-state index contributed by atoms with van der Waals surface area (Å²) >= 11 is 0. The molecule has 7 nitrogen and oxygen atoms in total. The maximum atomic E-state index is 12.8. The van der Waals surface area contributed by atoms with Gasteiger partial charge in [-0.3, -0.25) is 14.3 Å². The van der Waals surface area contributed by atoms with Gasteiger partial charge in [-0.15, -0.1) is 0 Å². The molecule has 2 fully saturated rings. The quantitative estimate of drug-likeness (QED) is 0.753. The molecular formula is C18H29N5O2. The predicted octanol–water partition coefficient (Wildman–Crippen LogP) is 0.532. The van der Waals surface area contributed by atoms with Crippen molar-refractivity contribution in [1.82, 2.24) is 24.5 Å². The van der Waals surface area contributed by atoms with Crippen LogP contribution in [0.4, 0.5) is 0 Å². The van der Waals surface area contributed by atoms with E-state index in [0.29, 0.717) is 25.4 Å². The predicted molar refractivity (Wildman–Crippen MR) is 94.8 cm³/mol. The average molecular weight is 347 g/mol. The SMILES string of the molecule is CN(C)CCN1C[C@@H](C(=O)N2CCC(Cn3cccn3)CC2)CC1=O. The van der Waals surface area contributed by atoms with Crippen molar-refractivity contribution in [2.45, 2.75) is 25.8 Å². The van der Waals surface area contributed by atoms with Crippen LogP contribution >= 0.6 is 0 Å². The Morgan fingerprint density at radius 1 is 1.32 bits per heavy atom. The Bertz CT molecular complexity index is 578. The van der Waals surface area contributed by atoms with Crippen LogP contribution in [-0.2, 0) is 16.1 Å². The number of carbonyl (C=O) groups excluding carboxylic acids is 2. The van der Waals surface area contributed by atoms with Gasteiger partial charge in [-0.1, -0.05) is 0 Å². The lowest BCUT2D eigenvalue weighted by Gasteiger charge is -2.33. The molecule has 3 rings (SSSR count). The monoisotopic (exact) mass is 347 g/mol. The van der Waals surface area contributed by atoms with Gasteiger partial charge in [0.2, 0.25) is 11.8 Å². The van der Waals surface area contributed by atoms with Gasteiger partial charge in [-0.2, -0.15) is 5.10 Å². The highest BCUT2D eigenvalue weighted by Gasteiger charge is 2.37. The van der Waals surface area contributed by atoms with Crippen LogP contribution < -0.4 is 0 Å². The summed E-state index contributed by atoms with van der Waals surface area (Å²) in [7, 11) is 3.99. The number of hydrogen-bond acceptors (Lipinski definition) is 4. The Balaban J connectivity index is 1.45. The fourth-order valence-electron chi connectivity index (χ4n) is 3.74. The molecule has 2 aliphatic heterocycles. The molecule has 0 bridgehead atoms. The number of carbonyl (C=O) groups is 2. The fraction of sp³-hybridized carbons (Fsp3) is 0.722. The number of amides is 2. The largest absolute Gasteiger partial charge is 0.342 e. The van der Waals surface area contributed by atoms with Crippen molar-refractivity contribution in [2.24, 2.45) is 11.8 Å². The second kappa shape index (κ2) is 7.99. The summed E-state index contributed by atoms with van der Waals surface area (Å²) < 4.78 is 1.97. The second-order valence-electron chi connectivity index (χ2n) is 7.54. The summed E-state index contributed by atoms with van der Waals surface area (Å²) in [5.74, 6) is 0.704. The van der Waals surface area contributed by atoms with E-state index in [1.54, 1.807) is 6.20 Å². The van der Waals surface area contributed by atoms with Gasteiger partial charge < -0.3 is 14.7 Å². The zero-order chi connectivity index (χ0) is 17.8. The van der Waals surface area contributed by atoms with E-state index < -0.39 is 0 Å². The lowest BCUT2D eigenvalue weighted by Crippen LogP contribution is -2.43. The molecular weight excluding hydrogens is 318 g/mol. The van der Waals surface area contributed by atoms with Gasteiger partial charge in [0.25, 0.3) is 0 Å². The zero-order valence-corrected chi connectivity index (χ0v) is 15.3. The molecule has 0 spiro atoms. The number of nitrogens with zero attached hydrogens (tertiary/aromatic N) is 5. The van der Waals surface area contributed by atoms with Crippen LogP contribution in [0.3, 0.4) is 0 Å². The van der Waals surface area contributed by atoms with Crippen LogP contribution in [0.25, 0.3) is 0 Å². The van der Waals surface area contributed by atoms with Gasteiger partial charge in [0.15, 0.2) is 0 Å². The van der Waals surface area contributed by atoms with E-state index in [1.807, 2.05) is 40.8 Å². The highest BCUT2D eigenvalue weighted by atomic mass is 16.2. The molecule has 2 aliphatic rings. The summed E-state index contributed by atoms with van der Waals surface area (Å²) in [6, 6.07) is 1.94. The maximum absolute atomic E-state index is 12.8. The number of rotatable bonds is 6. The third kappa shape index (κ3) is 4.60. The molecule has 7 heteroatoms. The second-order valence-corrected chi connectivity index (χ2v) is 7.54. The van der Waals surface area contributed by atoms with Crippen molar-refractivity contribution in [3.63, 3.8) is 0 Å². The first kappa shape index (κ1) is 17.9. The highest BCUT2D eigenvalue weighted by molar-refractivity contribution is 5.89. The fourth-order valence-corrected chi connectivity index (χ4v) is 3.74. The molecule has 2 saturated heterocycles. The van der Waals surface area contributed by atoms with E-state index in [2.05, 4.69) is 10.00 Å². The van der Waals surface area contributed by atoms with Crippen LogP contribution in [0, 0.1) is 11.8 Å². The summed E-state index contributed by atoms with van der Waals surface area (Å²) in [6.07, 6.45) is 6.19. The standard InChI is InChI=1S/C18H29N5O2/c1-20(2)10-11-22-14-16(12-17(22)24)18(25)21-8-4-15(5-9-21)13-23-7-3-6-19-23/h3,6-7,15-16H,4-5,8-14H2,1-2H3/t16-/m0/s1. The minimum atomic E-state index is -0.155. The molecule has 1 atom stereocenters. The van der Waals surface area contributed by atoms with Crippen molar-refractivity contribution < 1.29 is 9.59 Å². The summed E-state index contributed by atoms with van der Waals surface area (Å²) in [5, 5.41) is 4.26. The van der Waals surface area contributed by atoms with E-state index in [0.717, 1.165) is 39.0 Å². The topological polar surface area (TPSA) is 61.7 Å². The molecule has 1 aromatic rings. The molecule has 0 radical (unpaired) electrons. The zero-order valence-electron chi connectivity index (χ0n) is 15.3. The molecule has 3 heterocycles. The van der Waals surface area contributed by atoms with Gasteiger partial charge in [0.1, 0.15) is 0 Å². The van der Waals surface area contributed by atoms with E-state index >= 15 is 0 Å². The van der Waals surface area contributed by atoms with Crippen molar-refractivity contribution in [3.05, 3.63) is 18.5 Å². The van der Waals surface area contributed by atoms with E-state index in [1.165, 1.54) is 0 Å². The van der Waals surface area contributed by atoms with Crippen LogP contribution in [-0.4, -0.2) is 83.1 Å². The number of hydrogen-bond donors (Lipinski definition) is 0. The molecule has 0 aliphatic carbocycles. The number of likely N-dealkylation sites (tertiary alicyclic amines) is 2. The molecule has 0 saturated carbocycles. The average Bonchev–Trinajstić information content (AvgIpc) is 3.23. The molecule has 1 aromatic heterocycles. The maximum Gasteiger partial charge on any atom is 0.227 e. The third-order valence-corrected chi connectivity index (χ3v) is 5.31. The van der Waals surface area contributed by atoms with Crippen molar-refractivity contribution in [3.8, 4) is 0 Å². The summed E-state index contributed by atoms with van der Waals surface area (Å²) in [4.78, 5) is 30.8. The van der Waals surface area contributed by atoms with E-state index in [-0.39, 0.29) is 17.7 Å². The minimum absolute atomic E-state index is 0.119. The first-order chi connectivity index (χ1) is 12.0. The van der Waals surface area contributed by atoms with Gasteiger partial charge in [0.05, 0.1) is 5.92 Å². The van der Waals surface area contributed by atoms with Gasteiger partial charge >= 0.3 is 0 Å². The van der Waals surface area contributed by atoms with Gasteiger partial charge in [-0.25, -0.2) is 0 Å². The Kier molecular flexibility index (Phi) is 5.73. The highest BCUT2D eigenvalue weighted by Crippen LogP contribution is 2.24. The van der Waals surface area contributed by atoms with E-state index in [4.69, 9.17) is 0 Å². The van der Waals surface area contributed by atoms with Gasteiger partial charge in [-0.05, 0) is 38.9 Å². The van der Waals surface area contributed by atoms with Crippen molar-refractivity contribution in [2.75, 3.05) is 46.8 Å². The smallest absolute Gasteiger partial charge is 0.227 e.